The van der Waals surface area contributed by atoms with Gasteiger partial charge in [-0.05, 0) is 27.2 Å². The van der Waals surface area contributed by atoms with E-state index in [1.807, 2.05) is 0 Å². The van der Waals surface area contributed by atoms with Crippen LogP contribution in [-0.2, 0) is 0 Å². The molecule has 0 saturated heterocycles. The first-order chi connectivity index (χ1) is 4.66. The molecule has 0 aliphatic heterocycles. The van der Waals surface area contributed by atoms with Crippen LogP contribution in [0.1, 0.15) is 27.2 Å². The van der Waals surface area contributed by atoms with Gasteiger partial charge in [-0.3, -0.25) is 0 Å². The SMILES string of the molecule is CC(C)=CC(C)=CCCCl. The highest BCUT2D eigenvalue weighted by atomic mass is 35.5. The molecule has 10 heavy (non-hydrogen) atoms. The molecular weight excluding hydrogens is 144 g/mol. The summed E-state index contributed by atoms with van der Waals surface area (Å²) in [7, 11) is 0. The van der Waals surface area contributed by atoms with Crippen LogP contribution in [0, 0.1) is 0 Å². The molecule has 0 aromatic carbocycles. The monoisotopic (exact) mass is 158 g/mol. The third-order valence-corrected chi connectivity index (χ3v) is 1.31. The Morgan fingerprint density at radius 3 is 2.30 bits per heavy atom. The van der Waals surface area contributed by atoms with Gasteiger partial charge in [-0.2, -0.15) is 0 Å². The fraction of sp³-hybridized carbons (Fsp3) is 0.556. The number of hydrogen-bond acceptors (Lipinski definition) is 0. The summed E-state index contributed by atoms with van der Waals surface area (Å²) in [6, 6.07) is 0. The van der Waals surface area contributed by atoms with Crippen molar-refractivity contribution in [2.75, 3.05) is 5.88 Å². The molecule has 0 unspecified atom stereocenters. The van der Waals surface area contributed by atoms with Gasteiger partial charge in [0.25, 0.3) is 0 Å². The van der Waals surface area contributed by atoms with Gasteiger partial charge < -0.3 is 0 Å². The summed E-state index contributed by atoms with van der Waals surface area (Å²) in [6.07, 6.45) is 5.28. The highest BCUT2D eigenvalue weighted by Crippen LogP contribution is 2.02. The van der Waals surface area contributed by atoms with Gasteiger partial charge in [-0.15, -0.1) is 11.6 Å². The van der Waals surface area contributed by atoms with Crippen molar-refractivity contribution in [2.24, 2.45) is 0 Å². The van der Waals surface area contributed by atoms with Gasteiger partial charge >= 0.3 is 0 Å². The van der Waals surface area contributed by atoms with E-state index in [2.05, 4.69) is 32.9 Å². The normalized spacial score (nSPS) is 11.4. The van der Waals surface area contributed by atoms with Crippen LogP contribution in [0.15, 0.2) is 23.3 Å². The average molecular weight is 159 g/mol. The second-order valence-corrected chi connectivity index (χ2v) is 3.03. The summed E-state index contributed by atoms with van der Waals surface area (Å²) in [4.78, 5) is 0. The van der Waals surface area contributed by atoms with Crippen LogP contribution in [0.3, 0.4) is 0 Å². The predicted molar refractivity (Wildman–Crippen MR) is 48.5 cm³/mol. The number of hydrogen-bond donors (Lipinski definition) is 0. The standard InChI is InChI=1S/C9H15Cl/c1-8(2)7-9(3)5-4-6-10/h5,7H,4,6H2,1-3H3. The van der Waals surface area contributed by atoms with Gasteiger partial charge in [0.05, 0.1) is 0 Å². The predicted octanol–water partition coefficient (Wildman–Crippen LogP) is 3.53. The lowest BCUT2D eigenvalue weighted by Gasteiger charge is -1.92. The zero-order valence-electron chi connectivity index (χ0n) is 6.95. The molecule has 0 spiro atoms. The number of halogens is 1. The molecule has 0 radical (unpaired) electrons. The molecule has 0 atom stereocenters. The minimum absolute atomic E-state index is 0.716. The van der Waals surface area contributed by atoms with Crippen LogP contribution >= 0.6 is 11.6 Å². The van der Waals surface area contributed by atoms with Crippen molar-refractivity contribution in [3.05, 3.63) is 23.3 Å². The van der Waals surface area contributed by atoms with Crippen LogP contribution in [0.5, 0.6) is 0 Å². The maximum absolute atomic E-state index is 5.52. The summed E-state index contributed by atoms with van der Waals surface area (Å²) in [5.74, 6) is 0.716. The molecule has 0 bridgehead atoms. The maximum atomic E-state index is 5.52. The fourth-order valence-corrected chi connectivity index (χ4v) is 0.906. The number of rotatable bonds is 3. The van der Waals surface area contributed by atoms with E-state index in [-0.39, 0.29) is 0 Å². The Hall–Kier alpha value is -0.230. The quantitative estimate of drug-likeness (QED) is 0.436. The zero-order valence-corrected chi connectivity index (χ0v) is 7.70. The van der Waals surface area contributed by atoms with E-state index in [1.165, 1.54) is 11.1 Å². The van der Waals surface area contributed by atoms with E-state index in [0.29, 0.717) is 5.88 Å². The highest BCUT2D eigenvalue weighted by Gasteiger charge is 1.82. The molecule has 0 aliphatic carbocycles. The minimum Gasteiger partial charge on any atom is -0.126 e. The fourth-order valence-electron chi connectivity index (χ4n) is 0.796. The van der Waals surface area contributed by atoms with Crippen molar-refractivity contribution in [3.63, 3.8) is 0 Å². The second-order valence-electron chi connectivity index (χ2n) is 2.65. The van der Waals surface area contributed by atoms with E-state index in [9.17, 15) is 0 Å². The molecule has 0 N–H and O–H groups in total. The first-order valence-corrected chi connectivity index (χ1v) is 4.08. The van der Waals surface area contributed by atoms with Crippen molar-refractivity contribution in [3.8, 4) is 0 Å². The lowest BCUT2D eigenvalue weighted by Crippen LogP contribution is -1.73. The molecule has 0 aromatic rings. The third-order valence-electron chi connectivity index (χ3n) is 1.09. The molecule has 58 valence electrons. The average Bonchev–Trinajstić information content (AvgIpc) is 1.82. The summed E-state index contributed by atoms with van der Waals surface area (Å²) in [5.41, 5.74) is 2.64. The Labute approximate surface area is 68.6 Å². The van der Waals surface area contributed by atoms with Crippen molar-refractivity contribution >= 4 is 11.6 Å². The first kappa shape index (κ1) is 9.77. The Morgan fingerprint density at radius 1 is 1.30 bits per heavy atom. The van der Waals surface area contributed by atoms with Crippen LogP contribution in [-0.4, -0.2) is 5.88 Å². The van der Waals surface area contributed by atoms with Gasteiger partial charge in [0.1, 0.15) is 0 Å². The van der Waals surface area contributed by atoms with E-state index in [4.69, 9.17) is 11.6 Å². The van der Waals surface area contributed by atoms with Gasteiger partial charge in [0.2, 0.25) is 0 Å². The molecule has 0 amide bonds. The smallest absolute Gasteiger partial charge is 0.0258 e. The van der Waals surface area contributed by atoms with Gasteiger partial charge in [0, 0.05) is 5.88 Å². The molecule has 0 fully saturated rings. The topological polar surface area (TPSA) is 0 Å². The molecule has 0 aliphatic rings. The molecule has 0 heterocycles. The lowest BCUT2D eigenvalue weighted by molar-refractivity contribution is 1.20. The highest BCUT2D eigenvalue weighted by molar-refractivity contribution is 6.17. The molecule has 0 aromatic heterocycles. The summed E-state index contributed by atoms with van der Waals surface area (Å²) in [5, 5.41) is 0. The summed E-state index contributed by atoms with van der Waals surface area (Å²) >= 11 is 5.52. The van der Waals surface area contributed by atoms with Crippen molar-refractivity contribution in [1.82, 2.24) is 0 Å². The molecule has 0 rings (SSSR count). The molecule has 0 nitrogen and oxygen atoms in total. The Bertz CT molecular complexity index is 139. The maximum Gasteiger partial charge on any atom is 0.0258 e. The third kappa shape index (κ3) is 5.90. The summed E-state index contributed by atoms with van der Waals surface area (Å²) in [6.45, 7) is 6.29. The zero-order chi connectivity index (χ0) is 7.98. The number of allylic oxidation sites excluding steroid dienone is 4. The van der Waals surface area contributed by atoms with Crippen molar-refractivity contribution in [2.45, 2.75) is 27.2 Å². The van der Waals surface area contributed by atoms with Crippen LogP contribution in [0.2, 0.25) is 0 Å². The Kier molecular flexibility index (Phi) is 5.42. The van der Waals surface area contributed by atoms with Crippen LogP contribution in [0.4, 0.5) is 0 Å². The molecule has 0 saturated carbocycles. The van der Waals surface area contributed by atoms with Crippen LogP contribution < -0.4 is 0 Å². The van der Waals surface area contributed by atoms with E-state index < -0.39 is 0 Å². The second kappa shape index (κ2) is 5.55. The molecule has 1 heteroatoms. The van der Waals surface area contributed by atoms with E-state index >= 15 is 0 Å². The van der Waals surface area contributed by atoms with Crippen LogP contribution in [0.25, 0.3) is 0 Å². The Morgan fingerprint density at radius 2 is 1.90 bits per heavy atom. The largest absolute Gasteiger partial charge is 0.126 e. The minimum atomic E-state index is 0.716. The van der Waals surface area contributed by atoms with Gasteiger partial charge in [-0.1, -0.05) is 23.3 Å². The summed E-state index contributed by atoms with van der Waals surface area (Å²) < 4.78 is 0. The lowest BCUT2D eigenvalue weighted by atomic mass is 10.2. The molecular formula is C9H15Cl. The number of alkyl halides is 1. The first-order valence-electron chi connectivity index (χ1n) is 3.54. The van der Waals surface area contributed by atoms with E-state index in [1.54, 1.807) is 0 Å². The van der Waals surface area contributed by atoms with Gasteiger partial charge in [-0.25, -0.2) is 0 Å². The van der Waals surface area contributed by atoms with Crippen molar-refractivity contribution in [1.29, 1.82) is 0 Å². The van der Waals surface area contributed by atoms with Crippen molar-refractivity contribution < 1.29 is 0 Å². The van der Waals surface area contributed by atoms with E-state index in [0.717, 1.165) is 6.42 Å². The van der Waals surface area contributed by atoms with Gasteiger partial charge in [0.15, 0.2) is 0 Å². The Balaban J connectivity index is 3.82.